The molecule has 0 nitrogen and oxygen atoms in total. The Morgan fingerprint density at radius 2 is 1.82 bits per heavy atom. The minimum absolute atomic E-state index is 0.571. The van der Waals surface area contributed by atoms with Gasteiger partial charge in [-0.05, 0) is 30.2 Å². The summed E-state index contributed by atoms with van der Waals surface area (Å²) in [6, 6.07) is 1.51. The molecule has 0 saturated carbocycles. The predicted octanol–water partition coefficient (Wildman–Crippen LogP) is 6.02. The maximum atomic E-state index is 2.56. The summed E-state index contributed by atoms with van der Waals surface area (Å²) < 4.78 is 0. The Labute approximate surface area is 110 Å². The molecule has 1 aliphatic carbocycles. The maximum Gasteiger partial charge on any atom is 0.0527 e. The van der Waals surface area contributed by atoms with E-state index in [-0.39, 0.29) is 0 Å². The smallest absolute Gasteiger partial charge is 0.0527 e. The molecule has 1 heteroatoms. The number of hydrogen-bond donors (Lipinski definition) is 0. The standard InChI is InChI=1S/C16H32Si/c1-16(2,3)17(4,5)14-10-6-7-11-15-12-8-9-13-15/h8,12,15H,6-7,9-11,13-14H2,1-5H3. The zero-order valence-corrected chi connectivity index (χ0v) is 13.7. The lowest BCUT2D eigenvalue weighted by molar-refractivity contribution is 0.529. The van der Waals surface area contributed by atoms with Crippen molar-refractivity contribution in [1.82, 2.24) is 0 Å². The van der Waals surface area contributed by atoms with Crippen molar-refractivity contribution >= 4 is 8.07 Å². The van der Waals surface area contributed by atoms with Crippen molar-refractivity contribution in [2.45, 2.75) is 83.5 Å². The van der Waals surface area contributed by atoms with Gasteiger partial charge in [0.1, 0.15) is 0 Å². The van der Waals surface area contributed by atoms with Gasteiger partial charge >= 0.3 is 0 Å². The Bertz CT molecular complexity index is 245. The molecular weight excluding hydrogens is 220 g/mol. The quantitative estimate of drug-likeness (QED) is 0.308. The van der Waals surface area contributed by atoms with Crippen LogP contribution < -0.4 is 0 Å². The van der Waals surface area contributed by atoms with Crippen LogP contribution >= 0.6 is 0 Å². The molecule has 1 unspecified atom stereocenters. The second-order valence-corrected chi connectivity index (χ2v) is 13.3. The fourth-order valence-corrected chi connectivity index (χ4v) is 4.34. The number of unbranched alkanes of at least 4 members (excludes halogenated alkanes) is 2. The molecule has 0 spiro atoms. The summed E-state index contributed by atoms with van der Waals surface area (Å²) in [6.07, 6.45) is 13.4. The highest BCUT2D eigenvalue weighted by atomic mass is 28.3. The van der Waals surface area contributed by atoms with Gasteiger partial charge in [0.05, 0.1) is 8.07 Å². The SMILES string of the molecule is CC(C)(C)[Si](C)(C)CCCCCC1C=CCC1. The third-order valence-corrected chi connectivity index (χ3v) is 10.7. The molecule has 1 aliphatic rings. The lowest BCUT2D eigenvalue weighted by Gasteiger charge is -2.37. The topological polar surface area (TPSA) is 0 Å². The summed E-state index contributed by atoms with van der Waals surface area (Å²) >= 11 is 0. The molecule has 0 fully saturated rings. The van der Waals surface area contributed by atoms with Crippen LogP contribution in [0.3, 0.4) is 0 Å². The summed E-state index contributed by atoms with van der Waals surface area (Å²) in [5.41, 5.74) is 0. The molecule has 1 atom stereocenters. The highest BCUT2D eigenvalue weighted by Gasteiger charge is 2.33. The van der Waals surface area contributed by atoms with E-state index in [9.17, 15) is 0 Å². The van der Waals surface area contributed by atoms with Crippen LogP contribution in [0, 0.1) is 5.92 Å². The molecule has 1 rings (SSSR count). The van der Waals surface area contributed by atoms with Gasteiger partial charge in [-0.1, -0.05) is 71.3 Å². The molecule has 0 N–H and O–H groups in total. The van der Waals surface area contributed by atoms with Crippen LogP contribution in [-0.2, 0) is 0 Å². The summed E-state index contributed by atoms with van der Waals surface area (Å²) in [5, 5.41) is 0.571. The highest BCUT2D eigenvalue weighted by molar-refractivity contribution is 6.80. The Kier molecular flexibility index (Phi) is 5.49. The number of hydrogen-bond acceptors (Lipinski definition) is 0. The molecule has 0 aromatic carbocycles. The second-order valence-electron chi connectivity index (χ2n) is 7.50. The molecule has 0 aromatic heterocycles. The highest BCUT2D eigenvalue weighted by Crippen LogP contribution is 2.39. The second kappa shape index (κ2) is 6.22. The Morgan fingerprint density at radius 1 is 1.12 bits per heavy atom. The van der Waals surface area contributed by atoms with Gasteiger partial charge in [-0.3, -0.25) is 0 Å². The van der Waals surface area contributed by atoms with Crippen molar-refractivity contribution in [1.29, 1.82) is 0 Å². The van der Waals surface area contributed by atoms with E-state index in [0.29, 0.717) is 5.04 Å². The van der Waals surface area contributed by atoms with Crippen molar-refractivity contribution < 1.29 is 0 Å². The van der Waals surface area contributed by atoms with Crippen LogP contribution in [-0.4, -0.2) is 8.07 Å². The van der Waals surface area contributed by atoms with Crippen molar-refractivity contribution in [2.75, 3.05) is 0 Å². The van der Waals surface area contributed by atoms with E-state index in [1.165, 1.54) is 44.6 Å². The van der Waals surface area contributed by atoms with Crippen molar-refractivity contribution in [3.8, 4) is 0 Å². The predicted molar refractivity (Wildman–Crippen MR) is 82.3 cm³/mol. The van der Waals surface area contributed by atoms with Crippen LogP contribution in [0.1, 0.15) is 59.3 Å². The van der Waals surface area contributed by atoms with Gasteiger partial charge in [0.25, 0.3) is 0 Å². The van der Waals surface area contributed by atoms with Crippen molar-refractivity contribution in [2.24, 2.45) is 5.92 Å². The van der Waals surface area contributed by atoms with E-state index >= 15 is 0 Å². The fourth-order valence-electron chi connectivity index (χ4n) is 2.46. The molecule has 17 heavy (non-hydrogen) atoms. The first kappa shape index (κ1) is 15.0. The van der Waals surface area contributed by atoms with E-state index in [1.54, 1.807) is 0 Å². The van der Waals surface area contributed by atoms with Crippen molar-refractivity contribution in [3.63, 3.8) is 0 Å². The van der Waals surface area contributed by atoms with E-state index in [4.69, 9.17) is 0 Å². The molecule has 0 heterocycles. The first-order valence-corrected chi connectivity index (χ1v) is 10.7. The zero-order chi connectivity index (χ0) is 12.9. The van der Waals surface area contributed by atoms with Gasteiger partial charge in [0, 0.05) is 0 Å². The minimum Gasteiger partial charge on any atom is -0.0882 e. The molecule has 0 aliphatic heterocycles. The minimum atomic E-state index is -1.00. The Morgan fingerprint density at radius 3 is 2.35 bits per heavy atom. The molecule has 0 bridgehead atoms. The van der Waals surface area contributed by atoms with Gasteiger partial charge in [-0.2, -0.15) is 0 Å². The summed E-state index contributed by atoms with van der Waals surface area (Å²) in [7, 11) is -1.00. The van der Waals surface area contributed by atoms with Gasteiger partial charge in [-0.25, -0.2) is 0 Å². The Hall–Kier alpha value is -0.0431. The molecule has 0 saturated heterocycles. The van der Waals surface area contributed by atoms with Crippen LogP contribution in [0.15, 0.2) is 12.2 Å². The maximum absolute atomic E-state index is 2.56. The first-order valence-electron chi connectivity index (χ1n) is 7.49. The molecule has 0 radical (unpaired) electrons. The van der Waals surface area contributed by atoms with Crippen LogP contribution in [0.2, 0.25) is 24.2 Å². The monoisotopic (exact) mass is 252 g/mol. The van der Waals surface area contributed by atoms with E-state index < -0.39 is 8.07 Å². The third kappa shape index (κ3) is 4.99. The molecule has 100 valence electrons. The van der Waals surface area contributed by atoms with Crippen molar-refractivity contribution in [3.05, 3.63) is 12.2 Å². The molecular formula is C16H32Si. The van der Waals surface area contributed by atoms with E-state index in [0.717, 1.165) is 5.92 Å². The summed E-state index contributed by atoms with van der Waals surface area (Å²) in [5.74, 6) is 0.919. The fraction of sp³-hybridized carbons (Fsp3) is 0.875. The Balaban J connectivity index is 2.09. The average molecular weight is 253 g/mol. The van der Waals surface area contributed by atoms with E-state index in [1.807, 2.05) is 0 Å². The molecule has 0 aromatic rings. The average Bonchev–Trinajstić information content (AvgIpc) is 2.68. The zero-order valence-electron chi connectivity index (χ0n) is 12.7. The third-order valence-electron chi connectivity index (χ3n) is 5.02. The van der Waals surface area contributed by atoms with Crippen LogP contribution in [0.4, 0.5) is 0 Å². The normalized spacial score (nSPS) is 21.1. The van der Waals surface area contributed by atoms with Gasteiger partial charge in [0.2, 0.25) is 0 Å². The van der Waals surface area contributed by atoms with Gasteiger partial charge in [-0.15, -0.1) is 0 Å². The number of allylic oxidation sites excluding steroid dienone is 2. The number of rotatable bonds is 6. The van der Waals surface area contributed by atoms with Crippen LogP contribution in [0.25, 0.3) is 0 Å². The van der Waals surface area contributed by atoms with E-state index in [2.05, 4.69) is 46.0 Å². The van der Waals surface area contributed by atoms with Gasteiger partial charge < -0.3 is 0 Å². The summed E-state index contributed by atoms with van der Waals surface area (Å²) in [4.78, 5) is 0. The lowest BCUT2D eigenvalue weighted by atomic mass is 10.0. The first-order chi connectivity index (χ1) is 7.83. The molecule has 0 amide bonds. The largest absolute Gasteiger partial charge is 0.0882 e. The lowest BCUT2D eigenvalue weighted by Crippen LogP contribution is -2.36. The van der Waals surface area contributed by atoms with Crippen LogP contribution in [0.5, 0.6) is 0 Å². The summed E-state index contributed by atoms with van der Waals surface area (Å²) in [6.45, 7) is 12.4. The van der Waals surface area contributed by atoms with Gasteiger partial charge in [0.15, 0.2) is 0 Å².